The third-order valence-electron chi connectivity index (χ3n) is 17.7. The minimum Gasteiger partial charge on any atom is -0.310 e. The van der Waals surface area contributed by atoms with Gasteiger partial charge in [0.05, 0.1) is 27.5 Å². The number of hydrogen-bond acceptors (Lipinski definition) is 2. The third-order valence-corrected chi connectivity index (χ3v) is 27.7. The largest absolute Gasteiger partial charge is 0.310 e. The highest BCUT2D eigenvalue weighted by atomic mass is 28.4. The Morgan fingerprint density at radius 1 is 0.253 bits per heavy atom. The van der Waals surface area contributed by atoms with Gasteiger partial charge in [0, 0.05) is 38.5 Å². The maximum Gasteiger partial charge on any atom is 0.0579 e. The van der Waals surface area contributed by atoms with Crippen molar-refractivity contribution in [2.45, 2.75) is 43.9 Å². The van der Waals surface area contributed by atoms with E-state index in [4.69, 9.17) is 0 Å². The van der Waals surface area contributed by atoms with Gasteiger partial charge in [0.2, 0.25) is 0 Å². The molecule has 13 aromatic rings. The molecule has 0 unspecified atom stereocenters. The van der Waals surface area contributed by atoms with Crippen LogP contribution in [0.2, 0.25) is 39.3 Å². The molecule has 2 nitrogen and oxygen atoms in total. The molecule has 1 aliphatic carbocycles. The number of anilines is 6. The van der Waals surface area contributed by atoms with Crippen LogP contribution in [0.15, 0.2) is 291 Å². The van der Waals surface area contributed by atoms with Crippen LogP contribution in [0.1, 0.15) is 11.1 Å². The average Bonchev–Trinajstić information content (AvgIpc) is 1.56. The van der Waals surface area contributed by atoms with Crippen molar-refractivity contribution in [3.63, 3.8) is 0 Å². The molecule has 4 heteroatoms. The van der Waals surface area contributed by atoms with Gasteiger partial charge in [-0.05, 0) is 161 Å². The Kier molecular flexibility index (Phi) is 12.8. The van der Waals surface area contributed by atoms with Crippen LogP contribution in [-0.4, -0.2) is 16.1 Å². The second-order valence-electron chi connectivity index (χ2n) is 24.4. The fourth-order valence-electron chi connectivity index (χ4n) is 14.6. The Labute approximate surface area is 491 Å². The summed E-state index contributed by atoms with van der Waals surface area (Å²) in [6.07, 6.45) is 0. The first kappa shape index (κ1) is 51.8. The van der Waals surface area contributed by atoms with E-state index >= 15 is 0 Å². The zero-order valence-electron chi connectivity index (χ0n) is 48.1. The second-order valence-corrected chi connectivity index (χ2v) is 35.4. The van der Waals surface area contributed by atoms with Gasteiger partial charge >= 0.3 is 0 Å². The van der Waals surface area contributed by atoms with Gasteiger partial charge in [0.1, 0.15) is 0 Å². The van der Waals surface area contributed by atoms with E-state index in [2.05, 4.69) is 340 Å². The van der Waals surface area contributed by atoms with E-state index in [-0.39, 0.29) is 4.66 Å². The van der Waals surface area contributed by atoms with E-state index in [0.717, 1.165) is 34.1 Å². The molecule has 1 aliphatic rings. The first-order valence-corrected chi connectivity index (χ1v) is 36.2. The summed E-state index contributed by atoms with van der Waals surface area (Å²) < 4.78 is -0.171. The SMILES string of the molecule is C[Si](C)(C)C1([Si](C)(C)C)c2c(ccc3cc(N(c4ccccc4)c4ccc(-c5ccccc5)cc4-c4ccccc4)ccc23)-c2c1c1ccc(N(c3ccccc3)c3ccc(-c4ccccc4)cc3-c3ccccc3)cc1c1ccccc21. The number of rotatable bonds is 12. The molecule has 0 aromatic heterocycles. The van der Waals surface area contributed by atoms with Crippen molar-refractivity contribution >= 4 is 82.6 Å². The van der Waals surface area contributed by atoms with Gasteiger partial charge in [0.25, 0.3) is 0 Å². The average molecular weight is 1100 g/mol. The quantitative estimate of drug-likeness (QED) is 0.0889. The van der Waals surface area contributed by atoms with Crippen molar-refractivity contribution in [3.05, 3.63) is 302 Å². The van der Waals surface area contributed by atoms with Crippen molar-refractivity contribution in [2.75, 3.05) is 9.80 Å². The van der Waals surface area contributed by atoms with Crippen LogP contribution in [0, 0.1) is 0 Å². The van der Waals surface area contributed by atoms with Crippen molar-refractivity contribution in [3.8, 4) is 55.6 Å². The van der Waals surface area contributed by atoms with Crippen molar-refractivity contribution < 1.29 is 0 Å². The molecule has 83 heavy (non-hydrogen) atoms. The first-order valence-electron chi connectivity index (χ1n) is 29.2. The normalized spacial score (nSPS) is 12.8. The molecule has 0 saturated carbocycles. The Bertz CT molecular complexity index is 4540. The molecule has 0 saturated heterocycles. The topological polar surface area (TPSA) is 6.48 Å². The molecule has 14 rings (SSSR count). The van der Waals surface area contributed by atoms with Gasteiger partial charge in [-0.1, -0.05) is 258 Å². The standard InChI is InChI=1S/C79H66N2Si2/c1-82(2,3)79(83(4,5)6)77-66-47-44-64(80(62-35-21-11-22-36-62)74-49-42-59(55-27-13-7-14-28-55)52-71(74)57-31-17-9-18-32-57)51-61(66)41-46-70(77)76-68-40-26-25-39-67(68)73-54-65(45-48-69(73)78(76)79)81(63-37-23-12-24-38-63)75-50-43-60(56-29-15-8-16-30-56)53-72(75)58-33-19-10-20-34-58/h7-54H,1-6H3. The zero-order valence-corrected chi connectivity index (χ0v) is 50.1. The lowest BCUT2D eigenvalue weighted by Crippen LogP contribution is -2.63. The lowest BCUT2D eigenvalue weighted by molar-refractivity contribution is 0.973. The number of para-hydroxylation sites is 2. The Hall–Kier alpha value is -9.33. The molecule has 0 radical (unpaired) electrons. The van der Waals surface area contributed by atoms with Crippen LogP contribution in [0.3, 0.4) is 0 Å². The van der Waals surface area contributed by atoms with E-state index < -0.39 is 16.1 Å². The molecule has 0 fully saturated rings. The summed E-state index contributed by atoms with van der Waals surface area (Å²) >= 11 is 0. The molecule has 13 aromatic carbocycles. The first-order chi connectivity index (χ1) is 40.5. The predicted octanol–water partition coefficient (Wildman–Crippen LogP) is 22.8. The smallest absolute Gasteiger partial charge is 0.0579 e. The van der Waals surface area contributed by atoms with Crippen LogP contribution in [0.5, 0.6) is 0 Å². The van der Waals surface area contributed by atoms with Gasteiger partial charge in [-0.25, -0.2) is 0 Å². The Balaban J connectivity index is 0.991. The molecule has 0 heterocycles. The summed E-state index contributed by atoms with van der Waals surface area (Å²) in [4.78, 5) is 4.96. The van der Waals surface area contributed by atoms with Crippen LogP contribution in [0.25, 0.3) is 88.0 Å². The Morgan fingerprint density at radius 3 is 1.13 bits per heavy atom. The predicted molar refractivity (Wildman–Crippen MR) is 363 cm³/mol. The molecule has 0 spiro atoms. The molecule has 0 bridgehead atoms. The summed E-state index contributed by atoms with van der Waals surface area (Å²) in [7, 11) is -4.46. The lowest BCUT2D eigenvalue weighted by Gasteiger charge is -2.52. The summed E-state index contributed by atoms with van der Waals surface area (Å²) in [5, 5.41) is 7.90. The van der Waals surface area contributed by atoms with Crippen molar-refractivity contribution in [2.24, 2.45) is 0 Å². The van der Waals surface area contributed by atoms with E-state index in [0.29, 0.717) is 0 Å². The summed E-state index contributed by atoms with van der Waals surface area (Å²) in [5.41, 5.74) is 22.2. The molecular formula is C79H66N2Si2. The van der Waals surface area contributed by atoms with Gasteiger partial charge in [-0.3, -0.25) is 0 Å². The van der Waals surface area contributed by atoms with Crippen LogP contribution in [0.4, 0.5) is 34.1 Å². The Morgan fingerprint density at radius 2 is 0.663 bits per heavy atom. The zero-order chi connectivity index (χ0) is 56.5. The molecule has 0 atom stereocenters. The van der Waals surface area contributed by atoms with Gasteiger partial charge < -0.3 is 9.80 Å². The highest BCUT2D eigenvalue weighted by molar-refractivity contribution is 7.00. The number of fused-ring (bicyclic) bond motifs is 10. The van der Waals surface area contributed by atoms with Crippen LogP contribution in [-0.2, 0) is 4.66 Å². The minimum atomic E-state index is -2.23. The number of nitrogens with zero attached hydrogens (tertiary/aromatic N) is 2. The lowest BCUT2D eigenvalue weighted by atomic mass is 9.90. The van der Waals surface area contributed by atoms with Gasteiger partial charge in [-0.15, -0.1) is 0 Å². The molecule has 0 aliphatic heterocycles. The number of benzene rings is 13. The maximum atomic E-state index is 2.66. The second kappa shape index (κ2) is 20.6. The molecule has 400 valence electrons. The van der Waals surface area contributed by atoms with Crippen LogP contribution >= 0.6 is 0 Å². The van der Waals surface area contributed by atoms with E-state index in [1.807, 2.05) is 0 Å². The number of hydrogen-bond donors (Lipinski definition) is 0. The summed E-state index contributed by atoms with van der Waals surface area (Å²) in [5.74, 6) is 0. The fraction of sp³-hybridized carbons (Fsp3) is 0.0886. The van der Waals surface area contributed by atoms with Crippen molar-refractivity contribution in [1.29, 1.82) is 0 Å². The molecule has 0 amide bonds. The molecule has 0 N–H and O–H groups in total. The summed E-state index contributed by atoms with van der Waals surface area (Å²) in [6.45, 7) is 16.0. The van der Waals surface area contributed by atoms with Crippen molar-refractivity contribution in [1.82, 2.24) is 0 Å². The van der Waals surface area contributed by atoms with Crippen LogP contribution < -0.4 is 9.80 Å². The van der Waals surface area contributed by atoms with E-state index in [9.17, 15) is 0 Å². The fourth-order valence-corrected chi connectivity index (χ4v) is 27.7. The minimum absolute atomic E-state index is 0.171. The molecular weight excluding hydrogens is 1030 g/mol. The maximum absolute atomic E-state index is 2.66. The monoisotopic (exact) mass is 1100 g/mol. The summed E-state index contributed by atoms with van der Waals surface area (Å²) in [6, 6.07) is 108. The highest BCUT2D eigenvalue weighted by Crippen LogP contribution is 2.63. The highest BCUT2D eigenvalue weighted by Gasteiger charge is 2.60. The van der Waals surface area contributed by atoms with Gasteiger partial charge in [0.15, 0.2) is 0 Å². The third kappa shape index (κ3) is 8.67. The van der Waals surface area contributed by atoms with E-state index in [1.54, 1.807) is 5.56 Å². The van der Waals surface area contributed by atoms with Gasteiger partial charge in [-0.2, -0.15) is 0 Å². The van der Waals surface area contributed by atoms with E-state index in [1.165, 1.54) is 93.5 Å².